The lowest BCUT2D eigenvalue weighted by atomic mass is 10.2. The molecule has 0 aliphatic rings. The van der Waals surface area contributed by atoms with Gasteiger partial charge in [-0.1, -0.05) is 0 Å². The van der Waals surface area contributed by atoms with Crippen LogP contribution < -0.4 is 0 Å². The number of rotatable bonds is 4. The van der Waals surface area contributed by atoms with Crippen molar-refractivity contribution in [3.63, 3.8) is 0 Å². The summed E-state index contributed by atoms with van der Waals surface area (Å²) in [6.07, 6.45) is 2.39. The Morgan fingerprint density at radius 1 is 1.69 bits per heavy atom. The summed E-state index contributed by atoms with van der Waals surface area (Å²) in [5, 5.41) is 0. The normalized spacial score (nSPS) is 10.0. The van der Waals surface area contributed by atoms with Crippen molar-refractivity contribution < 1.29 is 13.9 Å². The number of ketones is 1. The van der Waals surface area contributed by atoms with Gasteiger partial charge in [0.05, 0.1) is 11.8 Å². The Bertz CT molecular complexity index is 301. The van der Waals surface area contributed by atoms with Crippen LogP contribution in [0.3, 0.4) is 0 Å². The second-order valence-corrected chi connectivity index (χ2v) is 2.42. The number of nitrogens with zero attached hydrogens (tertiary/aromatic N) is 1. The maximum atomic E-state index is 12.9. The molecule has 0 aromatic carbocycles. The van der Waals surface area contributed by atoms with Crippen molar-refractivity contribution in [3.05, 3.63) is 29.8 Å². The minimum atomic E-state index is -0.604. The van der Waals surface area contributed by atoms with E-state index in [4.69, 9.17) is 4.74 Å². The van der Waals surface area contributed by atoms with E-state index < -0.39 is 5.82 Å². The number of ether oxygens (including phenoxy) is 1. The molecule has 0 saturated carbocycles. The molecular formula is C9H10FNO2. The van der Waals surface area contributed by atoms with Crippen LogP contribution in [0, 0.1) is 5.82 Å². The first-order valence-corrected chi connectivity index (χ1v) is 3.96. The fourth-order valence-corrected chi connectivity index (χ4v) is 0.874. The predicted molar refractivity (Wildman–Crippen MR) is 45.0 cm³/mol. The van der Waals surface area contributed by atoms with E-state index in [0.717, 1.165) is 6.20 Å². The molecular weight excluding hydrogens is 173 g/mol. The number of halogens is 1. The van der Waals surface area contributed by atoms with E-state index in [2.05, 4.69) is 4.98 Å². The lowest BCUT2D eigenvalue weighted by molar-refractivity contribution is 0.0779. The maximum absolute atomic E-state index is 12.9. The molecule has 4 heteroatoms. The van der Waals surface area contributed by atoms with E-state index in [0.29, 0.717) is 6.61 Å². The first-order valence-electron chi connectivity index (χ1n) is 3.96. The molecule has 1 rings (SSSR count). The summed E-state index contributed by atoms with van der Waals surface area (Å²) in [4.78, 5) is 14.8. The van der Waals surface area contributed by atoms with Gasteiger partial charge in [0.2, 0.25) is 0 Å². The predicted octanol–water partition coefficient (Wildman–Crippen LogP) is 1.44. The molecule has 0 aliphatic carbocycles. The van der Waals surface area contributed by atoms with Crippen molar-refractivity contribution in [2.75, 3.05) is 13.2 Å². The lowest BCUT2D eigenvalue weighted by Gasteiger charge is -2.01. The molecule has 0 bridgehead atoms. The molecule has 0 aliphatic heterocycles. The molecule has 3 nitrogen and oxygen atoms in total. The Morgan fingerprint density at radius 2 is 2.46 bits per heavy atom. The molecule has 0 unspecified atom stereocenters. The fraction of sp³-hybridized carbons (Fsp3) is 0.333. The molecule has 1 heterocycles. The summed E-state index contributed by atoms with van der Waals surface area (Å²) in [5.74, 6) is -0.964. The van der Waals surface area contributed by atoms with Gasteiger partial charge in [0, 0.05) is 12.8 Å². The molecule has 0 atom stereocenters. The zero-order chi connectivity index (χ0) is 9.68. The monoisotopic (exact) mass is 183 g/mol. The van der Waals surface area contributed by atoms with Gasteiger partial charge < -0.3 is 4.74 Å². The molecule has 0 N–H and O–H groups in total. The van der Waals surface area contributed by atoms with E-state index in [-0.39, 0.29) is 18.0 Å². The molecule has 0 spiro atoms. The van der Waals surface area contributed by atoms with E-state index >= 15 is 0 Å². The number of carbonyl (C=O) groups excluding carboxylic acids is 1. The van der Waals surface area contributed by atoms with Gasteiger partial charge in [-0.25, -0.2) is 4.39 Å². The number of Topliss-reactive ketones (excluding diaryl/α,β-unsaturated/α-hetero) is 1. The molecule has 13 heavy (non-hydrogen) atoms. The molecule has 0 amide bonds. The van der Waals surface area contributed by atoms with Crippen LogP contribution in [0.25, 0.3) is 0 Å². The Morgan fingerprint density at radius 3 is 3.08 bits per heavy atom. The summed E-state index contributed by atoms with van der Waals surface area (Å²) in [5.41, 5.74) is 0.0310. The highest BCUT2D eigenvalue weighted by Crippen LogP contribution is 2.05. The maximum Gasteiger partial charge on any atom is 0.191 e. The molecule has 70 valence electrons. The van der Waals surface area contributed by atoms with Crippen LogP contribution in [-0.4, -0.2) is 24.0 Å². The SMILES string of the molecule is CCOCC(=O)c1ccncc1F. The fourth-order valence-electron chi connectivity index (χ4n) is 0.874. The number of hydrogen-bond donors (Lipinski definition) is 0. The zero-order valence-corrected chi connectivity index (χ0v) is 7.29. The Labute approximate surface area is 75.6 Å². The molecule has 1 aromatic rings. The van der Waals surface area contributed by atoms with E-state index in [9.17, 15) is 9.18 Å². The highest BCUT2D eigenvalue weighted by Gasteiger charge is 2.10. The highest BCUT2D eigenvalue weighted by molar-refractivity contribution is 5.97. The first kappa shape index (κ1) is 9.80. The largest absolute Gasteiger partial charge is 0.374 e. The van der Waals surface area contributed by atoms with Gasteiger partial charge in [-0.05, 0) is 13.0 Å². The van der Waals surface area contributed by atoms with Crippen molar-refractivity contribution in [2.24, 2.45) is 0 Å². The molecule has 1 aromatic heterocycles. The van der Waals surface area contributed by atoms with Gasteiger partial charge in [0.15, 0.2) is 11.6 Å². The third-order valence-electron chi connectivity index (χ3n) is 1.51. The second-order valence-electron chi connectivity index (χ2n) is 2.42. The summed E-state index contributed by atoms with van der Waals surface area (Å²) in [6.45, 7) is 2.13. The van der Waals surface area contributed by atoms with Crippen LogP contribution in [0.5, 0.6) is 0 Å². The molecule has 0 fully saturated rings. The van der Waals surface area contributed by atoms with E-state index in [1.165, 1.54) is 12.3 Å². The van der Waals surface area contributed by atoms with Gasteiger partial charge in [0.25, 0.3) is 0 Å². The quantitative estimate of drug-likeness (QED) is 0.663. The summed E-state index contributed by atoms with van der Waals surface area (Å²) < 4.78 is 17.8. The van der Waals surface area contributed by atoms with Gasteiger partial charge in [-0.15, -0.1) is 0 Å². The van der Waals surface area contributed by atoms with Crippen LogP contribution in [0.2, 0.25) is 0 Å². The number of hydrogen-bond acceptors (Lipinski definition) is 3. The van der Waals surface area contributed by atoms with Crippen molar-refractivity contribution in [3.8, 4) is 0 Å². The summed E-state index contributed by atoms with van der Waals surface area (Å²) in [6, 6.07) is 1.34. The van der Waals surface area contributed by atoms with Crippen molar-refractivity contribution in [2.45, 2.75) is 6.92 Å². The molecule has 0 radical (unpaired) electrons. The summed E-state index contributed by atoms with van der Waals surface area (Å²) in [7, 11) is 0. The van der Waals surface area contributed by atoms with Crippen LogP contribution in [0.1, 0.15) is 17.3 Å². The number of aromatic nitrogens is 1. The van der Waals surface area contributed by atoms with Crippen LogP contribution in [0.15, 0.2) is 18.5 Å². The number of carbonyl (C=O) groups is 1. The van der Waals surface area contributed by atoms with Gasteiger partial charge in [-0.2, -0.15) is 0 Å². The van der Waals surface area contributed by atoms with Crippen molar-refractivity contribution >= 4 is 5.78 Å². The average Bonchev–Trinajstić information content (AvgIpc) is 2.15. The van der Waals surface area contributed by atoms with Crippen LogP contribution in [-0.2, 0) is 4.74 Å². The standard InChI is InChI=1S/C9H10FNO2/c1-2-13-6-9(12)7-3-4-11-5-8(7)10/h3-5H,2,6H2,1H3. The van der Waals surface area contributed by atoms with E-state index in [1.807, 2.05) is 0 Å². The Balaban J connectivity index is 2.71. The van der Waals surface area contributed by atoms with Crippen LogP contribution >= 0.6 is 0 Å². The van der Waals surface area contributed by atoms with Crippen molar-refractivity contribution in [1.29, 1.82) is 0 Å². The third kappa shape index (κ3) is 2.59. The smallest absolute Gasteiger partial charge is 0.191 e. The topological polar surface area (TPSA) is 39.2 Å². The highest BCUT2D eigenvalue weighted by atomic mass is 19.1. The second kappa shape index (κ2) is 4.67. The van der Waals surface area contributed by atoms with Gasteiger partial charge in [-0.3, -0.25) is 9.78 Å². The van der Waals surface area contributed by atoms with Gasteiger partial charge in [0.1, 0.15) is 6.61 Å². The average molecular weight is 183 g/mol. The van der Waals surface area contributed by atoms with Gasteiger partial charge >= 0.3 is 0 Å². The Kier molecular flexibility index (Phi) is 3.52. The third-order valence-corrected chi connectivity index (χ3v) is 1.51. The zero-order valence-electron chi connectivity index (χ0n) is 7.29. The van der Waals surface area contributed by atoms with E-state index in [1.54, 1.807) is 6.92 Å². The number of pyridine rings is 1. The van der Waals surface area contributed by atoms with Crippen molar-refractivity contribution in [1.82, 2.24) is 4.98 Å². The Hall–Kier alpha value is -1.29. The molecule has 0 saturated heterocycles. The minimum Gasteiger partial charge on any atom is -0.374 e. The lowest BCUT2D eigenvalue weighted by Crippen LogP contribution is -2.10. The minimum absolute atomic E-state index is 0.0310. The summed E-state index contributed by atoms with van der Waals surface area (Å²) >= 11 is 0. The first-order chi connectivity index (χ1) is 6.25. The van der Waals surface area contributed by atoms with Crippen LogP contribution in [0.4, 0.5) is 4.39 Å².